The van der Waals surface area contributed by atoms with Crippen LogP contribution in [0.5, 0.6) is 0 Å². The standard InChI is InChI=1S/C7H10O4/c1-2-7(6(10)11)3-4(7)5(8)9/h4H,2-3H2,1H3,(H,8,9)(H,10,11)/t4-,7+/m0/s1. The van der Waals surface area contributed by atoms with Crippen LogP contribution in [0.2, 0.25) is 0 Å². The minimum Gasteiger partial charge on any atom is -0.481 e. The van der Waals surface area contributed by atoms with Crippen LogP contribution in [0.15, 0.2) is 0 Å². The lowest BCUT2D eigenvalue weighted by molar-refractivity contribution is -0.149. The van der Waals surface area contributed by atoms with Crippen molar-refractivity contribution in [3.63, 3.8) is 0 Å². The SMILES string of the molecule is CC[C@@]1(C(=O)O)C[C@H]1C(=O)O. The van der Waals surface area contributed by atoms with Gasteiger partial charge in [0.05, 0.1) is 11.3 Å². The molecule has 1 fully saturated rings. The van der Waals surface area contributed by atoms with Crippen LogP contribution in [0.4, 0.5) is 0 Å². The molecule has 0 heterocycles. The van der Waals surface area contributed by atoms with Crippen LogP contribution in [-0.4, -0.2) is 22.2 Å². The first-order valence-corrected chi connectivity index (χ1v) is 3.51. The molecule has 0 saturated heterocycles. The van der Waals surface area contributed by atoms with E-state index in [9.17, 15) is 9.59 Å². The van der Waals surface area contributed by atoms with Gasteiger partial charge in [0.25, 0.3) is 0 Å². The molecule has 0 aromatic heterocycles. The maximum absolute atomic E-state index is 10.6. The topological polar surface area (TPSA) is 74.6 Å². The summed E-state index contributed by atoms with van der Waals surface area (Å²) in [6, 6.07) is 0. The lowest BCUT2D eigenvalue weighted by Crippen LogP contribution is -2.19. The number of hydrogen-bond acceptors (Lipinski definition) is 2. The predicted molar refractivity (Wildman–Crippen MR) is 36.1 cm³/mol. The number of rotatable bonds is 3. The highest BCUT2D eigenvalue weighted by Crippen LogP contribution is 2.55. The van der Waals surface area contributed by atoms with E-state index >= 15 is 0 Å². The van der Waals surface area contributed by atoms with Gasteiger partial charge in [-0.2, -0.15) is 0 Å². The molecule has 4 heteroatoms. The quantitative estimate of drug-likeness (QED) is 0.629. The highest BCUT2D eigenvalue weighted by atomic mass is 16.4. The molecule has 1 aliphatic rings. The zero-order chi connectivity index (χ0) is 8.65. The summed E-state index contributed by atoms with van der Waals surface area (Å²) in [5, 5.41) is 17.2. The zero-order valence-electron chi connectivity index (χ0n) is 6.20. The first kappa shape index (κ1) is 8.04. The summed E-state index contributed by atoms with van der Waals surface area (Å²) >= 11 is 0. The third kappa shape index (κ3) is 0.982. The molecule has 2 atom stereocenters. The first-order chi connectivity index (χ1) is 5.04. The van der Waals surface area contributed by atoms with Crippen LogP contribution in [0.25, 0.3) is 0 Å². The minimum absolute atomic E-state index is 0.286. The van der Waals surface area contributed by atoms with Gasteiger partial charge in [-0.1, -0.05) is 6.92 Å². The van der Waals surface area contributed by atoms with Gasteiger partial charge in [-0.05, 0) is 12.8 Å². The van der Waals surface area contributed by atoms with Gasteiger partial charge >= 0.3 is 11.9 Å². The fraction of sp³-hybridized carbons (Fsp3) is 0.714. The van der Waals surface area contributed by atoms with Crippen molar-refractivity contribution in [1.29, 1.82) is 0 Å². The van der Waals surface area contributed by atoms with Crippen molar-refractivity contribution in [1.82, 2.24) is 0 Å². The summed E-state index contributed by atoms with van der Waals surface area (Å²) < 4.78 is 0. The average molecular weight is 158 g/mol. The molecule has 0 aromatic rings. The summed E-state index contributed by atoms with van der Waals surface area (Å²) in [4.78, 5) is 20.9. The molecule has 1 rings (SSSR count). The molecular weight excluding hydrogens is 148 g/mol. The molecule has 0 aromatic carbocycles. The number of hydrogen-bond donors (Lipinski definition) is 2. The zero-order valence-corrected chi connectivity index (χ0v) is 6.20. The van der Waals surface area contributed by atoms with E-state index in [0.717, 1.165) is 0 Å². The predicted octanol–water partition coefficient (Wildman–Crippen LogP) is 0.572. The largest absolute Gasteiger partial charge is 0.481 e. The van der Waals surface area contributed by atoms with E-state index in [0.29, 0.717) is 6.42 Å². The molecule has 0 spiro atoms. The second-order valence-electron chi connectivity index (χ2n) is 2.91. The second-order valence-corrected chi connectivity index (χ2v) is 2.91. The maximum Gasteiger partial charge on any atom is 0.310 e. The van der Waals surface area contributed by atoms with E-state index in [-0.39, 0.29) is 6.42 Å². The Hall–Kier alpha value is -1.06. The van der Waals surface area contributed by atoms with Crippen LogP contribution in [-0.2, 0) is 9.59 Å². The van der Waals surface area contributed by atoms with Gasteiger partial charge in [0.15, 0.2) is 0 Å². The molecule has 1 aliphatic carbocycles. The van der Waals surface area contributed by atoms with E-state index in [4.69, 9.17) is 10.2 Å². The van der Waals surface area contributed by atoms with E-state index in [1.807, 2.05) is 0 Å². The van der Waals surface area contributed by atoms with Crippen LogP contribution < -0.4 is 0 Å². The van der Waals surface area contributed by atoms with E-state index in [2.05, 4.69) is 0 Å². The van der Waals surface area contributed by atoms with Gasteiger partial charge in [0.1, 0.15) is 0 Å². The second kappa shape index (κ2) is 2.22. The lowest BCUT2D eigenvalue weighted by atomic mass is 10.0. The molecule has 0 bridgehead atoms. The summed E-state index contributed by atoms with van der Waals surface area (Å²) in [5.74, 6) is -2.63. The fourth-order valence-electron chi connectivity index (χ4n) is 1.41. The molecule has 0 amide bonds. The Morgan fingerprint density at radius 1 is 1.55 bits per heavy atom. The minimum atomic E-state index is -0.991. The smallest absolute Gasteiger partial charge is 0.310 e. The third-order valence-electron chi connectivity index (χ3n) is 2.43. The lowest BCUT2D eigenvalue weighted by Gasteiger charge is -2.05. The molecule has 0 radical (unpaired) electrons. The van der Waals surface area contributed by atoms with Crippen molar-refractivity contribution < 1.29 is 19.8 Å². The average Bonchev–Trinajstić information content (AvgIpc) is 2.62. The Morgan fingerprint density at radius 2 is 2.09 bits per heavy atom. The van der Waals surface area contributed by atoms with Gasteiger partial charge in [0, 0.05) is 0 Å². The molecule has 4 nitrogen and oxygen atoms in total. The van der Waals surface area contributed by atoms with Gasteiger partial charge in [-0.25, -0.2) is 0 Å². The van der Waals surface area contributed by atoms with Crippen molar-refractivity contribution in [3.8, 4) is 0 Å². The molecular formula is C7H10O4. The maximum atomic E-state index is 10.6. The Balaban J connectivity index is 2.71. The van der Waals surface area contributed by atoms with E-state index < -0.39 is 23.3 Å². The summed E-state index contributed by atoms with van der Waals surface area (Å²) in [7, 11) is 0. The highest BCUT2D eigenvalue weighted by molar-refractivity contribution is 5.89. The number of carbonyl (C=O) groups is 2. The van der Waals surface area contributed by atoms with Gasteiger partial charge < -0.3 is 10.2 Å². The first-order valence-electron chi connectivity index (χ1n) is 3.51. The van der Waals surface area contributed by atoms with Crippen molar-refractivity contribution >= 4 is 11.9 Å². The Labute approximate surface area is 63.8 Å². The Kier molecular flexibility index (Phi) is 1.62. The van der Waals surface area contributed by atoms with Crippen LogP contribution >= 0.6 is 0 Å². The molecule has 62 valence electrons. The monoisotopic (exact) mass is 158 g/mol. The normalized spacial score (nSPS) is 34.8. The number of carboxylic acids is 2. The Morgan fingerprint density at radius 3 is 2.18 bits per heavy atom. The molecule has 1 saturated carbocycles. The van der Waals surface area contributed by atoms with Gasteiger partial charge in [-0.15, -0.1) is 0 Å². The number of aliphatic carboxylic acids is 2. The fourth-order valence-corrected chi connectivity index (χ4v) is 1.41. The summed E-state index contributed by atoms with van der Waals surface area (Å²) in [6.07, 6.45) is 0.688. The van der Waals surface area contributed by atoms with E-state index in [1.54, 1.807) is 6.92 Å². The summed E-state index contributed by atoms with van der Waals surface area (Å²) in [5.41, 5.74) is -0.953. The molecule has 2 N–H and O–H groups in total. The Bertz CT molecular complexity index is 210. The van der Waals surface area contributed by atoms with Crippen molar-refractivity contribution in [2.45, 2.75) is 19.8 Å². The van der Waals surface area contributed by atoms with Crippen LogP contribution in [0.3, 0.4) is 0 Å². The van der Waals surface area contributed by atoms with Gasteiger partial charge in [0.2, 0.25) is 0 Å². The molecule has 11 heavy (non-hydrogen) atoms. The highest BCUT2D eigenvalue weighted by Gasteiger charge is 2.63. The molecule has 0 aliphatic heterocycles. The number of carboxylic acid groups (broad SMARTS) is 2. The summed E-state index contributed by atoms with van der Waals surface area (Å²) in [6.45, 7) is 1.71. The van der Waals surface area contributed by atoms with Crippen molar-refractivity contribution in [2.75, 3.05) is 0 Å². The van der Waals surface area contributed by atoms with Crippen LogP contribution in [0.1, 0.15) is 19.8 Å². The van der Waals surface area contributed by atoms with Crippen molar-refractivity contribution in [2.24, 2.45) is 11.3 Å². The van der Waals surface area contributed by atoms with Gasteiger partial charge in [-0.3, -0.25) is 9.59 Å². The molecule has 0 unspecified atom stereocenters. The van der Waals surface area contributed by atoms with E-state index in [1.165, 1.54) is 0 Å². The third-order valence-corrected chi connectivity index (χ3v) is 2.43. The van der Waals surface area contributed by atoms with Crippen LogP contribution in [0, 0.1) is 11.3 Å². The van der Waals surface area contributed by atoms with Crippen molar-refractivity contribution in [3.05, 3.63) is 0 Å².